The molecule has 2 aliphatic rings. The zero-order valence-corrected chi connectivity index (χ0v) is 17.1. The lowest BCUT2D eigenvalue weighted by Crippen LogP contribution is -2.58. The number of hydrogen-bond donors (Lipinski definition) is 2. The average Bonchev–Trinajstić information content (AvgIpc) is 2.90. The molecular formula is C21H21F3N4O4. The summed E-state index contributed by atoms with van der Waals surface area (Å²) in [6.07, 6.45) is 2.11. The van der Waals surface area contributed by atoms with E-state index >= 15 is 0 Å². The summed E-state index contributed by atoms with van der Waals surface area (Å²) in [4.78, 5) is 39.5. The molecule has 2 atom stereocenters. The van der Waals surface area contributed by atoms with Crippen LogP contribution in [0.4, 0.5) is 13.2 Å². The fourth-order valence-electron chi connectivity index (χ4n) is 4.04. The second kappa shape index (κ2) is 8.21. The number of aromatic hydroxyl groups is 1. The van der Waals surface area contributed by atoms with E-state index in [1.165, 1.54) is 9.58 Å². The van der Waals surface area contributed by atoms with E-state index in [4.69, 9.17) is 0 Å². The van der Waals surface area contributed by atoms with Crippen LogP contribution in [0.1, 0.15) is 46.2 Å². The Kier molecular flexibility index (Phi) is 5.57. The van der Waals surface area contributed by atoms with Gasteiger partial charge in [-0.2, -0.15) is 0 Å². The molecule has 3 heterocycles. The molecule has 32 heavy (non-hydrogen) atoms. The highest BCUT2D eigenvalue weighted by molar-refractivity contribution is 5.99. The van der Waals surface area contributed by atoms with E-state index < -0.39 is 52.9 Å². The Morgan fingerprint density at radius 2 is 2.00 bits per heavy atom. The molecule has 4 rings (SSSR count). The summed E-state index contributed by atoms with van der Waals surface area (Å²) < 4.78 is 41.6. The third-order valence-electron chi connectivity index (χ3n) is 5.95. The van der Waals surface area contributed by atoms with E-state index in [9.17, 15) is 32.7 Å². The summed E-state index contributed by atoms with van der Waals surface area (Å²) in [6, 6.07) is 2.02. The van der Waals surface area contributed by atoms with Crippen molar-refractivity contribution in [3.05, 3.63) is 63.1 Å². The van der Waals surface area contributed by atoms with Gasteiger partial charge in [-0.25, -0.2) is 13.2 Å². The lowest BCUT2D eigenvalue weighted by molar-refractivity contribution is 0.0581. The molecule has 2 bridgehead atoms. The van der Waals surface area contributed by atoms with Crippen molar-refractivity contribution in [1.82, 2.24) is 14.9 Å². The Balaban J connectivity index is 1.69. The van der Waals surface area contributed by atoms with E-state index in [0.717, 1.165) is 18.3 Å². The first-order valence-electron chi connectivity index (χ1n) is 10.1. The molecule has 0 radical (unpaired) electrons. The standard InChI is InChI=1S/C21H21F3N4O4/c1-11-2-5-14(7-22)26-10-28(11)27-9-15(18(29)19(30)17(27)21(26)32)20(31)25-8-12-3-4-13(23)6-16(12)24/h3-4,6,9,11,14,30H,2,5,7-8,10H2,1H3,(H,25,31)/t11-,14-/m0/s1. The quantitative estimate of drug-likeness (QED) is 0.739. The smallest absolute Gasteiger partial charge is 0.278 e. The van der Waals surface area contributed by atoms with E-state index in [0.29, 0.717) is 18.9 Å². The molecule has 8 nitrogen and oxygen atoms in total. The van der Waals surface area contributed by atoms with Crippen molar-refractivity contribution < 1.29 is 27.9 Å². The highest BCUT2D eigenvalue weighted by atomic mass is 19.1. The summed E-state index contributed by atoms with van der Waals surface area (Å²) >= 11 is 0. The molecule has 2 aliphatic heterocycles. The lowest BCUT2D eigenvalue weighted by Gasteiger charge is -2.41. The molecule has 1 aromatic heterocycles. The topological polar surface area (TPSA) is 94.9 Å². The Hall–Kier alpha value is -3.50. The van der Waals surface area contributed by atoms with Crippen LogP contribution in [-0.2, 0) is 6.54 Å². The Labute approximate surface area is 180 Å². The number of amides is 2. The van der Waals surface area contributed by atoms with Gasteiger partial charge in [0.1, 0.15) is 30.5 Å². The number of benzene rings is 1. The van der Waals surface area contributed by atoms with Gasteiger partial charge in [0, 0.05) is 30.4 Å². The van der Waals surface area contributed by atoms with E-state index in [2.05, 4.69) is 5.32 Å². The summed E-state index contributed by atoms with van der Waals surface area (Å²) in [7, 11) is 0. The molecule has 0 spiro atoms. The third kappa shape index (κ3) is 3.57. The summed E-state index contributed by atoms with van der Waals surface area (Å²) in [5.41, 5.74) is -1.86. The molecule has 2 aromatic rings. The van der Waals surface area contributed by atoms with Crippen LogP contribution in [0.3, 0.4) is 0 Å². The number of carbonyl (C=O) groups is 2. The van der Waals surface area contributed by atoms with Crippen LogP contribution in [0.5, 0.6) is 5.75 Å². The second-order valence-electron chi connectivity index (χ2n) is 7.92. The van der Waals surface area contributed by atoms with Crippen LogP contribution in [0.15, 0.2) is 29.2 Å². The summed E-state index contributed by atoms with van der Waals surface area (Å²) in [5.74, 6) is -4.15. The number of halogens is 3. The van der Waals surface area contributed by atoms with Crippen molar-refractivity contribution in [1.29, 1.82) is 0 Å². The van der Waals surface area contributed by atoms with Gasteiger partial charge in [-0.1, -0.05) is 6.07 Å². The van der Waals surface area contributed by atoms with Crippen molar-refractivity contribution in [2.45, 2.75) is 38.4 Å². The molecule has 170 valence electrons. The third-order valence-corrected chi connectivity index (χ3v) is 5.95. The minimum Gasteiger partial charge on any atom is -0.502 e. The van der Waals surface area contributed by atoms with Gasteiger partial charge in [0.05, 0.1) is 6.04 Å². The molecule has 0 saturated carbocycles. The van der Waals surface area contributed by atoms with E-state index in [1.54, 1.807) is 5.01 Å². The number of nitrogens with one attached hydrogen (secondary N) is 1. The normalized spacial score (nSPS) is 20.1. The van der Waals surface area contributed by atoms with Gasteiger partial charge in [0.15, 0.2) is 11.4 Å². The first-order chi connectivity index (χ1) is 15.2. The van der Waals surface area contributed by atoms with E-state index in [1.807, 2.05) is 6.92 Å². The molecule has 11 heteroatoms. The zero-order valence-electron chi connectivity index (χ0n) is 17.1. The van der Waals surface area contributed by atoms with Gasteiger partial charge in [-0.05, 0) is 25.8 Å². The van der Waals surface area contributed by atoms with Crippen molar-refractivity contribution in [2.24, 2.45) is 0 Å². The minimum atomic E-state index is -1.08. The predicted molar refractivity (Wildman–Crippen MR) is 108 cm³/mol. The molecule has 0 aliphatic carbocycles. The molecule has 0 unspecified atom stereocenters. The second-order valence-corrected chi connectivity index (χ2v) is 7.92. The van der Waals surface area contributed by atoms with Gasteiger partial charge in [-0.3, -0.25) is 24.1 Å². The fraction of sp³-hybridized carbons (Fsp3) is 0.381. The number of rotatable bonds is 4. The van der Waals surface area contributed by atoms with Crippen molar-refractivity contribution >= 4 is 11.8 Å². The Morgan fingerprint density at radius 1 is 1.25 bits per heavy atom. The van der Waals surface area contributed by atoms with Gasteiger partial charge in [0.2, 0.25) is 5.43 Å². The van der Waals surface area contributed by atoms with E-state index in [-0.39, 0.29) is 30.5 Å². The molecule has 2 N–H and O–H groups in total. The van der Waals surface area contributed by atoms with Crippen LogP contribution in [0.2, 0.25) is 0 Å². The van der Waals surface area contributed by atoms with Crippen LogP contribution in [0.25, 0.3) is 0 Å². The molecule has 1 aromatic carbocycles. The fourth-order valence-corrected chi connectivity index (χ4v) is 4.04. The van der Waals surface area contributed by atoms with Crippen molar-refractivity contribution in [3.8, 4) is 5.75 Å². The Bertz CT molecular complexity index is 1150. The van der Waals surface area contributed by atoms with Gasteiger partial charge in [0.25, 0.3) is 11.8 Å². The molecule has 1 fully saturated rings. The summed E-state index contributed by atoms with van der Waals surface area (Å²) in [6.45, 7) is 0.811. The highest BCUT2D eigenvalue weighted by Gasteiger charge is 2.41. The van der Waals surface area contributed by atoms with Gasteiger partial charge >= 0.3 is 0 Å². The largest absolute Gasteiger partial charge is 0.502 e. The number of nitrogens with zero attached hydrogens (tertiary/aromatic N) is 3. The molecular weight excluding hydrogens is 429 g/mol. The average molecular weight is 450 g/mol. The monoisotopic (exact) mass is 450 g/mol. The van der Waals surface area contributed by atoms with Crippen molar-refractivity contribution in [2.75, 3.05) is 18.4 Å². The first kappa shape index (κ1) is 21.7. The molecule has 2 amide bonds. The Morgan fingerprint density at radius 3 is 2.69 bits per heavy atom. The van der Waals surface area contributed by atoms with Crippen molar-refractivity contribution in [3.63, 3.8) is 0 Å². The number of aromatic nitrogens is 1. The predicted octanol–water partition coefficient (Wildman–Crippen LogP) is 1.63. The maximum Gasteiger partial charge on any atom is 0.278 e. The zero-order chi connectivity index (χ0) is 23.2. The number of hydrogen-bond acceptors (Lipinski definition) is 5. The highest BCUT2D eigenvalue weighted by Crippen LogP contribution is 2.29. The SMILES string of the molecule is C[C@H]1CC[C@@H](CF)N2CN1n1cc(C(=O)NCc3ccc(F)cc3F)c(=O)c(O)c1C2=O. The van der Waals surface area contributed by atoms with Crippen LogP contribution in [-0.4, -0.2) is 51.9 Å². The van der Waals surface area contributed by atoms with Crippen LogP contribution >= 0.6 is 0 Å². The van der Waals surface area contributed by atoms with Gasteiger partial charge < -0.3 is 15.3 Å². The number of alkyl halides is 1. The summed E-state index contributed by atoms with van der Waals surface area (Å²) in [5, 5.41) is 14.5. The van der Waals surface area contributed by atoms with Gasteiger partial charge in [-0.15, -0.1) is 0 Å². The van der Waals surface area contributed by atoms with Crippen LogP contribution in [0, 0.1) is 11.6 Å². The van der Waals surface area contributed by atoms with Crippen LogP contribution < -0.4 is 15.8 Å². The molecule has 1 saturated heterocycles. The first-order valence-corrected chi connectivity index (χ1v) is 10.1. The maximum atomic E-state index is 13.8. The maximum absolute atomic E-state index is 13.8. The number of pyridine rings is 1. The minimum absolute atomic E-state index is 0.00579. The number of carbonyl (C=O) groups excluding carboxylic acids is 2. The number of fused-ring (bicyclic) bond motifs is 4. The lowest BCUT2D eigenvalue weighted by atomic mass is 10.1.